The van der Waals surface area contributed by atoms with Crippen molar-refractivity contribution in [3.63, 3.8) is 0 Å². The number of anilines is 1. The summed E-state index contributed by atoms with van der Waals surface area (Å²) in [6.45, 7) is 4.26. The molecule has 4 nitrogen and oxygen atoms in total. The van der Waals surface area contributed by atoms with Crippen molar-refractivity contribution in [3.8, 4) is 5.75 Å². The van der Waals surface area contributed by atoms with Gasteiger partial charge in [0.2, 0.25) is 5.91 Å². The number of carbonyl (C=O) groups is 1. The first-order chi connectivity index (χ1) is 9.11. The summed E-state index contributed by atoms with van der Waals surface area (Å²) in [5, 5.41) is 6.12. The third kappa shape index (κ3) is 3.42. The lowest BCUT2D eigenvalue weighted by molar-refractivity contribution is -0.117. The van der Waals surface area contributed by atoms with Crippen LogP contribution < -0.4 is 15.4 Å². The van der Waals surface area contributed by atoms with Crippen LogP contribution in [0.4, 0.5) is 5.69 Å². The molecule has 2 rings (SSSR count). The molecule has 1 amide bonds. The molecule has 1 saturated heterocycles. The van der Waals surface area contributed by atoms with Crippen LogP contribution in [0, 0.1) is 0 Å². The van der Waals surface area contributed by atoms with Crippen molar-refractivity contribution >= 4 is 23.4 Å². The number of rotatable bonds is 4. The van der Waals surface area contributed by atoms with Crippen LogP contribution >= 0.6 is 11.8 Å². The SMILES string of the molecule is COc1ccc(C(C)C)cc1NC(=O)C1CSCN1. The summed E-state index contributed by atoms with van der Waals surface area (Å²) in [7, 11) is 1.61. The molecular formula is C14H20N2O2S. The van der Waals surface area contributed by atoms with Crippen LogP contribution in [-0.2, 0) is 4.79 Å². The summed E-state index contributed by atoms with van der Waals surface area (Å²) in [5.74, 6) is 2.77. The minimum Gasteiger partial charge on any atom is -0.495 e. The number of carbonyl (C=O) groups excluding carboxylic acids is 1. The van der Waals surface area contributed by atoms with Gasteiger partial charge in [0.1, 0.15) is 5.75 Å². The Bertz CT molecular complexity index is 457. The first-order valence-corrected chi connectivity index (χ1v) is 7.57. The molecular weight excluding hydrogens is 260 g/mol. The Morgan fingerprint density at radius 1 is 1.53 bits per heavy atom. The van der Waals surface area contributed by atoms with Gasteiger partial charge in [0.05, 0.1) is 18.8 Å². The molecule has 0 saturated carbocycles. The van der Waals surface area contributed by atoms with Gasteiger partial charge in [0.25, 0.3) is 0 Å². The van der Waals surface area contributed by atoms with Gasteiger partial charge in [0.15, 0.2) is 0 Å². The van der Waals surface area contributed by atoms with Crippen molar-refractivity contribution in [1.82, 2.24) is 5.32 Å². The molecule has 1 atom stereocenters. The molecule has 2 N–H and O–H groups in total. The smallest absolute Gasteiger partial charge is 0.242 e. The minimum atomic E-state index is -0.114. The highest BCUT2D eigenvalue weighted by atomic mass is 32.2. The quantitative estimate of drug-likeness (QED) is 0.889. The van der Waals surface area contributed by atoms with E-state index in [9.17, 15) is 4.79 Å². The largest absolute Gasteiger partial charge is 0.495 e. The number of benzene rings is 1. The number of amides is 1. The van der Waals surface area contributed by atoms with Gasteiger partial charge in [-0.25, -0.2) is 0 Å². The van der Waals surface area contributed by atoms with E-state index in [0.29, 0.717) is 11.7 Å². The van der Waals surface area contributed by atoms with Crippen molar-refractivity contribution in [1.29, 1.82) is 0 Å². The topological polar surface area (TPSA) is 50.4 Å². The first-order valence-electron chi connectivity index (χ1n) is 6.41. The van der Waals surface area contributed by atoms with Crippen molar-refractivity contribution < 1.29 is 9.53 Å². The van der Waals surface area contributed by atoms with E-state index in [0.717, 1.165) is 17.3 Å². The first kappa shape index (κ1) is 14.2. The van der Waals surface area contributed by atoms with Gasteiger partial charge in [-0.2, -0.15) is 0 Å². The molecule has 0 radical (unpaired) electrons. The fourth-order valence-electron chi connectivity index (χ4n) is 1.97. The molecule has 0 aliphatic carbocycles. The summed E-state index contributed by atoms with van der Waals surface area (Å²) in [6, 6.07) is 5.81. The molecule has 0 bridgehead atoms. The van der Waals surface area contributed by atoms with Crippen LogP contribution in [0.15, 0.2) is 18.2 Å². The third-order valence-electron chi connectivity index (χ3n) is 3.18. The number of hydrogen-bond acceptors (Lipinski definition) is 4. The van der Waals surface area contributed by atoms with E-state index in [4.69, 9.17) is 4.74 Å². The number of methoxy groups -OCH3 is 1. The standard InChI is InChI=1S/C14H20N2O2S/c1-9(2)10-4-5-13(18-3)11(6-10)16-14(17)12-7-19-8-15-12/h4-6,9,12,15H,7-8H2,1-3H3,(H,16,17). The zero-order valence-electron chi connectivity index (χ0n) is 11.5. The molecule has 1 unspecified atom stereocenters. The lowest BCUT2D eigenvalue weighted by Gasteiger charge is -2.15. The predicted molar refractivity (Wildman–Crippen MR) is 80.0 cm³/mol. The van der Waals surface area contributed by atoms with Gasteiger partial charge in [-0.15, -0.1) is 11.8 Å². The number of nitrogens with one attached hydrogen (secondary N) is 2. The van der Waals surface area contributed by atoms with Crippen molar-refractivity contribution in [2.75, 3.05) is 24.1 Å². The van der Waals surface area contributed by atoms with Crippen LogP contribution in [0.3, 0.4) is 0 Å². The second-order valence-electron chi connectivity index (χ2n) is 4.88. The van der Waals surface area contributed by atoms with Gasteiger partial charge >= 0.3 is 0 Å². The maximum Gasteiger partial charge on any atom is 0.242 e. The normalized spacial score (nSPS) is 18.6. The fraction of sp³-hybridized carbons (Fsp3) is 0.500. The summed E-state index contributed by atoms with van der Waals surface area (Å²) < 4.78 is 5.30. The van der Waals surface area contributed by atoms with Crippen LogP contribution in [-0.4, -0.2) is 30.7 Å². The van der Waals surface area contributed by atoms with Gasteiger partial charge in [0, 0.05) is 11.6 Å². The van der Waals surface area contributed by atoms with E-state index in [-0.39, 0.29) is 11.9 Å². The van der Waals surface area contributed by atoms with Crippen molar-refractivity contribution in [2.24, 2.45) is 0 Å². The summed E-state index contributed by atoms with van der Waals surface area (Å²) in [6.07, 6.45) is 0. The number of thioether (sulfide) groups is 1. The molecule has 104 valence electrons. The Balaban J connectivity index is 2.16. The highest BCUT2D eigenvalue weighted by Gasteiger charge is 2.23. The van der Waals surface area contributed by atoms with Gasteiger partial charge in [-0.05, 0) is 23.6 Å². The maximum atomic E-state index is 12.1. The van der Waals surface area contributed by atoms with Crippen molar-refractivity contribution in [2.45, 2.75) is 25.8 Å². The Hall–Kier alpha value is -1.20. The van der Waals surface area contributed by atoms with Crippen LogP contribution in [0.1, 0.15) is 25.3 Å². The molecule has 1 aromatic rings. The third-order valence-corrected chi connectivity index (χ3v) is 4.12. The van der Waals surface area contributed by atoms with Crippen molar-refractivity contribution in [3.05, 3.63) is 23.8 Å². The zero-order chi connectivity index (χ0) is 13.8. The monoisotopic (exact) mass is 280 g/mol. The van der Waals surface area contributed by atoms with Crippen LogP contribution in [0.5, 0.6) is 5.75 Å². The molecule has 0 aromatic heterocycles. The molecule has 0 spiro atoms. The molecule has 1 aromatic carbocycles. The Kier molecular flexibility index (Phi) is 4.71. The number of hydrogen-bond donors (Lipinski definition) is 2. The highest BCUT2D eigenvalue weighted by Crippen LogP contribution is 2.29. The van der Waals surface area contributed by atoms with E-state index >= 15 is 0 Å². The molecule has 1 aliphatic rings. The summed E-state index contributed by atoms with van der Waals surface area (Å²) in [4.78, 5) is 12.1. The molecule has 19 heavy (non-hydrogen) atoms. The van der Waals surface area contributed by atoms with E-state index in [1.807, 2.05) is 18.2 Å². The second kappa shape index (κ2) is 6.30. The molecule has 5 heteroatoms. The van der Waals surface area contributed by atoms with Gasteiger partial charge in [-0.3, -0.25) is 10.1 Å². The number of ether oxygens (including phenoxy) is 1. The van der Waals surface area contributed by atoms with E-state index in [1.54, 1.807) is 18.9 Å². The van der Waals surface area contributed by atoms with Crippen LogP contribution in [0.25, 0.3) is 0 Å². The van der Waals surface area contributed by atoms with E-state index in [1.165, 1.54) is 5.56 Å². The average Bonchev–Trinajstić information content (AvgIpc) is 2.92. The average molecular weight is 280 g/mol. The second-order valence-corrected chi connectivity index (χ2v) is 5.91. The Labute approximate surface area is 118 Å². The van der Waals surface area contributed by atoms with E-state index < -0.39 is 0 Å². The highest BCUT2D eigenvalue weighted by molar-refractivity contribution is 7.99. The van der Waals surface area contributed by atoms with E-state index in [2.05, 4.69) is 24.5 Å². The van der Waals surface area contributed by atoms with Gasteiger partial charge < -0.3 is 10.1 Å². The zero-order valence-corrected chi connectivity index (χ0v) is 12.3. The Morgan fingerprint density at radius 2 is 2.32 bits per heavy atom. The minimum absolute atomic E-state index is 0.00389. The molecule has 1 aliphatic heterocycles. The van der Waals surface area contributed by atoms with Gasteiger partial charge in [-0.1, -0.05) is 19.9 Å². The molecule has 1 fully saturated rings. The summed E-state index contributed by atoms with van der Waals surface area (Å²) in [5.41, 5.74) is 1.93. The fourth-order valence-corrected chi connectivity index (χ4v) is 2.91. The lowest BCUT2D eigenvalue weighted by Crippen LogP contribution is -2.37. The van der Waals surface area contributed by atoms with Crippen LogP contribution in [0.2, 0.25) is 0 Å². The molecule has 1 heterocycles. The maximum absolute atomic E-state index is 12.1. The summed E-state index contributed by atoms with van der Waals surface area (Å²) >= 11 is 1.74. The Morgan fingerprint density at radius 3 is 2.89 bits per heavy atom. The predicted octanol–water partition coefficient (Wildman–Crippen LogP) is 2.42. The lowest BCUT2D eigenvalue weighted by atomic mass is 10.0.